The lowest BCUT2D eigenvalue weighted by molar-refractivity contribution is 0.278. The second kappa shape index (κ2) is 4.00. The number of nitrogens with zero attached hydrogens (tertiary/aromatic N) is 1. The van der Waals surface area contributed by atoms with Crippen LogP contribution in [0.3, 0.4) is 0 Å². The zero-order valence-corrected chi connectivity index (χ0v) is 8.20. The van der Waals surface area contributed by atoms with E-state index in [1.54, 1.807) is 10.9 Å². The largest absolute Gasteiger partial charge is 0.391 e. The number of aliphatic hydroxyl groups excluding tert-OH is 1. The van der Waals surface area contributed by atoms with E-state index < -0.39 is 0 Å². The third-order valence-electron chi connectivity index (χ3n) is 2.98. The Morgan fingerprint density at radius 3 is 2.71 bits per heavy atom. The van der Waals surface area contributed by atoms with Gasteiger partial charge in [0.2, 0.25) is 0 Å². The van der Waals surface area contributed by atoms with Gasteiger partial charge in [0.05, 0.1) is 18.2 Å². The van der Waals surface area contributed by atoms with Gasteiger partial charge in [-0.2, -0.15) is 0 Å². The molecule has 0 atom stereocenters. The number of aromatic nitrogens is 2. The SMILES string of the molecule is O=c1c(CO)c[nH]n1C1CCCCC1. The molecule has 0 saturated heterocycles. The molecule has 1 aliphatic carbocycles. The Bertz CT molecular complexity index is 347. The van der Waals surface area contributed by atoms with Crippen LogP contribution in [-0.4, -0.2) is 14.9 Å². The maximum absolute atomic E-state index is 11.7. The molecule has 0 spiro atoms. The van der Waals surface area contributed by atoms with Crippen molar-refractivity contribution in [3.63, 3.8) is 0 Å². The van der Waals surface area contributed by atoms with Crippen molar-refractivity contribution in [3.05, 3.63) is 22.1 Å². The molecule has 4 heteroatoms. The zero-order valence-electron chi connectivity index (χ0n) is 8.20. The molecule has 1 fully saturated rings. The van der Waals surface area contributed by atoms with Crippen LogP contribution < -0.4 is 5.56 Å². The molecule has 0 amide bonds. The minimum Gasteiger partial charge on any atom is -0.391 e. The van der Waals surface area contributed by atoms with Crippen molar-refractivity contribution in [2.45, 2.75) is 44.8 Å². The van der Waals surface area contributed by atoms with Gasteiger partial charge in [0.1, 0.15) is 0 Å². The van der Waals surface area contributed by atoms with Crippen LogP contribution >= 0.6 is 0 Å². The smallest absolute Gasteiger partial charge is 0.272 e. The Morgan fingerprint density at radius 2 is 2.14 bits per heavy atom. The summed E-state index contributed by atoms with van der Waals surface area (Å²) >= 11 is 0. The first kappa shape index (κ1) is 9.52. The molecule has 1 saturated carbocycles. The summed E-state index contributed by atoms with van der Waals surface area (Å²) in [5, 5.41) is 11.8. The number of H-pyrrole nitrogens is 1. The van der Waals surface area contributed by atoms with Gasteiger partial charge >= 0.3 is 0 Å². The van der Waals surface area contributed by atoms with E-state index in [1.165, 1.54) is 19.3 Å². The van der Waals surface area contributed by atoms with Gasteiger partial charge in [-0.1, -0.05) is 19.3 Å². The van der Waals surface area contributed by atoms with Crippen molar-refractivity contribution in [1.82, 2.24) is 9.78 Å². The van der Waals surface area contributed by atoms with Gasteiger partial charge in [-0.3, -0.25) is 4.79 Å². The molecule has 1 aromatic rings. The Hall–Kier alpha value is -1.03. The van der Waals surface area contributed by atoms with Crippen LogP contribution in [-0.2, 0) is 6.61 Å². The summed E-state index contributed by atoms with van der Waals surface area (Å²) in [5.41, 5.74) is 0.412. The van der Waals surface area contributed by atoms with Crippen LogP contribution in [0.15, 0.2) is 11.0 Å². The molecule has 4 nitrogen and oxygen atoms in total. The first-order chi connectivity index (χ1) is 6.83. The molecule has 1 aliphatic rings. The summed E-state index contributed by atoms with van der Waals surface area (Å²) in [4.78, 5) is 11.7. The quantitative estimate of drug-likeness (QED) is 0.746. The lowest BCUT2D eigenvalue weighted by Gasteiger charge is -2.21. The van der Waals surface area contributed by atoms with Gasteiger partial charge in [0, 0.05) is 6.20 Å². The highest BCUT2D eigenvalue weighted by atomic mass is 16.3. The number of hydrogen-bond acceptors (Lipinski definition) is 2. The lowest BCUT2D eigenvalue weighted by atomic mass is 9.96. The van der Waals surface area contributed by atoms with Gasteiger partial charge in [0.15, 0.2) is 0 Å². The van der Waals surface area contributed by atoms with Crippen LogP contribution in [0.25, 0.3) is 0 Å². The maximum atomic E-state index is 11.7. The molecule has 1 heterocycles. The van der Waals surface area contributed by atoms with Crippen molar-refractivity contribution < 1.29 is 5.11 Å². The van der Waals surface area contributed by atoms with Gasteiger partial charge in [-0.25, -0.2) is 4.68 Å². The van der Waals surface area contributed by atoms with Crippen LogP contribution in [0.4, 0.5) is 0 Å². The number of hydrogen-bond donors (Lipinski definition) is 2. The normalized spacial score (nSPS) is 18.6. The third-order valence-corrected chi connectivity index (χ3v) is 2.98. The van der Waals surface area contributed by atoms with E-state index in [1.807, 2.05) is 0 Å². The number of rotatable bonds is 2. The summed E-state index contributed by atoms with van der Waals surface area (Å²) in [6.45, 7) is -0.172. The molecule has 0 aromatic carbocycles. The highest BCUT2D eigenvalue weighted by molar-refractivity contribution is 5.03. The molecule has 14 heavy (non-hydrogen) atoms. The Morgan fingerprint density at radius 1 is 1.43 bits per heavy atom. The van der Waals surface area contributed by atoms with E-state index in [-0.39, 0.29) is 12.2 Å². The summed E-state index contributed by atoms with van der Waals surface area (Å²) in [7, 11) is 0. The monoisotopic (exact) mass is 196 g/mol. The van der Waals surface area contributed by atoms with Crippen LogP contribution in [0.2, 0.25) is 0 Å². The van der Waals surface area contributed by atoms with Crippen LogP contribution in [0.1, 0.15) is 43.7 Å². The van der Waals surface area contributed by atoms with E-state index in [4.69, 9.17) is 5.11 Å². The highest BCUT2D eigenvalue weighted by Gasteiger charge is 2.18. The topological polar surface area (TPSA) is 58.0 Å². The molecular formula is C10H16N2O2. The van der Waals surface area contributed by atoms with Gasteiger partial charge < -0.3 is 10.2 Å². The molecular weight excluding hydrogens is 180 g/mol. The maximum Gasteiger partial charge on any atom is 0.272 e. The summed E-state index contributed by atoms with van der Waals surface area (Å²) < 4.78 is 1.67. The molecule has 2 rings (SSSR count). The molecule has 2 N–H and O–H groups in total. The number of aliphatic hydroxyl groups is 1. The van der Waals surface area contributed by atoms with Crippen molar-refractivity contribution in [3.8, 4) is 0 Å². The highest BCUT2D eigenvalue weighted by Crippen LogP contribution is 2.26. The van der Waals surface area contributed by atoms with Crippen molar-refractivity contribution in [2.24, 2.45) is 0 Å². The zero-order chi connectivity index (χ0) is 9.97. The molecule has 0 aliphatic heterocycles. The molecule has 0 radical (unpaired) electrons. The van der Waals surface area contributed by atoms with Gasteiger partial charge in [-0.05, 0) is 12.8 Å². The molecule has 0 bridgehead atoms. The van der Waals surface area contributed by atoms with Crippen molar-refractivity contribution >= 4 is 0 Å². The van der Waals surface area contributed by atoms with Crippen molar-refractivity contribution in [1.29, 1.82) is 0 Å². The van der Waals surface area contributed by atoms with Crippen LogP contribution in [0.5, 0.6) is 0 Å². The third kappa shape index (κ3) is 1.62. The van der Waals surface area contributed by atoms with Gasteiger partial charge in [-0.15, -0.1) is 0 Å². The first-order valence-corrected chi connectivity index (χ1v) is 5.22. The molecule has 0 unspecified atom stereocenters. The fraction of sp³-hybridized carbons (Fsp3) is 0.700. The predicted molar refractivity (Wildman–Crippen MR) is 53.1 cm³/mol. The second-order valence-corrected chi connectivity index (χ2v) is 3.92. The first-order valence-electron chi connectivity index (χ1n) is 5.22. The predicted octanol–water partition coefficient (Wildman–Crippen LogP) is 1.17. The summed E-state index contributed by atoms with van der Waals surface area (Å²) in [6.07, 6.45) is 7.43. The Kier molecular flexibility index (Phi) is 2.72. The lowest BCUT2D eigenvalue weighted by Crippen LogP contribution is -2.25. The standard InChI is InChI=1S/C10H16N2O2/c13-7-8-6-11-12(10(8)14)9-4-2-1-3-5-9/h6,9,11,13H,1-5,7H2. The van der Waals surface area contributed by atoms with Gasteiger partial charge in [0.25, 0.3) is 5.56 Å². The Labute approximate surface area is 82.5 Å². The second-order valence-electron chi connectivity index (χ2n) is 3.92. The Balaban J connectivity index is 2.22. The van der Waals surface area contributed by atoms with Crippen molar-refractivity contribution in [2.75, 3.05) is 0 Å². The van der Waals surface area contributed by atoms with E-state index in [0.717, 1.165) is 12.8 Å². The fourth-order valence-electron chi connectivity index (χ4n) is 2.15. The van der Waals surface area contributed by atoms with E-state index in [9.17, 15) is 4.79 Å². The minimum absolute atomic E-state index is 0.0561. The number of nitrogens with one attached hydrogen (secondary N) is 1. The average molecular weight is 196 g/mol. The van der Waals surface area contributed by atoms with Crippen LogP contribution in [0, 0.1) is 0 Å². The summed E-state index contributed by atoms with van der Waals surface area (Å²) in [6, 6.07) is 0.316. The average Bonchev–Trinajstić information content (AvgIpc) is 2.61. The minimum atomic E-state index is -0.172. The molecule has 1 aromatic heterocycles. The van der Waals surface area contributed by atoms with E-state index in [0.29, 0.717) is 11.6 Å². The fourth-order valence-corrected chi connectivity index (χ4v) is 2.15. The number of aromatic amines is 1. The molecule has 78 valence electrons. The van der Waals surface area contributed by atoms with E-state index >= 15 is 0 Å². The van der Waals surface area contributed by atoms with E-state index in [2.05, 4.69) is 5.10 Å². The summed E-state index contributed by atoms with van der Waals surface area (Å²) in [5.74, 6) is 0.